The molecule has 1 saturated heterocycles. The quantitative estimate of drug-likeness (QED) is 0.748. The molecule has 1 aliphatic carbocycles. The molecule has 1 amide bonds. The van der Waals surface area contributed by atoms with Crippen LogP contribution in [-0.2, 0) is 4.79 Å². The van der Waals surface area contributed by atoms with E-state index in [0.29, 0.717) is 5.92 Å². The maximum Gasteiger partial charge on any atom is 0.226 e. The van der Waals surface area contributed by atoms with Gasteiger partial charge in [-0.3, -0.25) is 4.79 Å². The number of carbonyl (C=O) groups is 1. The van der Waals surface area contributed by atoms with E-state index in [9.17, 15) is 9.90 Å². The van der Waals surface area contributed by atoms with Crippen LogP contribution in [0.4, 0.5) is 0 Å². The molecule has 0 aromatic heterocycles. The number of aliphatic hydroxyl groups is 1. The molecule has 0 spiro atoms. The first-order chi connectivity index (χ1) is 8.13. The lowest BCUT2D eigenvalue weighted by molar-refractivity contribution is -0.140. The Balaban J connectivity index is 2.02. The molecule has 0 bridgehead atoms. The Labute approximate surface area is 103 Å². The lowest BCUT2D eigenvalue weighted by Gasteiger charge is -2.35. The highest BCUT2D eigenvalue weighted by Crippen LogP contribution is 2.32. The normalized spacial score (nSPS) is 38.4. The zero-order valence-electron chi connectivity index (χ0n) is 10.6. The highest BCUT2D eigenvalue weighted by molar-refractivity contribution is 5.80. The summed E-state index contributed by atoms with van der Waals surface area (Å²) in [6.45, 7) is 3.06. The van der Waals surface area contributed by atoms with Gasteiger partial charge in [0.05, 0.1) is 12.6 Å². The van der Waals surface area contributed by atoms with Crippen molar-refractivity contribution >= 4 is 5.91 Å². The Morgan fingerprint density at radius 2 is 2.18 bits per heavy atom. The van der Waals surface area contributed by atoms with E-state index >= 15 is 0 Å². The second kappa shape index (κ2) is 5.36. The summed E-state index contributed by atoms with van der Waals surface area (Å²) in [6, 6.07) is 0.225. The standard InChI is InChI=1S/C13H24N2O2/c1-9-4-5-10(14)7-12(9)13(17)15-6-2-3-11(15)8-16/h9-12,16H,2-8,14H2,1H3. The average Bonchev–Trinajstić information content (AvgIpc) is 2.79. The molecule has 2 aliphatic rings. The van der Waals surface area contributed by atoms with Gasteiger partial charge in [-0.15, -0.1) is 0 Å². The third kappa shape index (κ3) is 2.63. The molecule has 0 aromatic carbocycles. The highest BCUT2D eigenvalue weighted by atomic mass is 16.3. The van der Waals surface area contributed by atoms with Crippen LogP contribution in [0.2, 0.25) is 0 Å². The van der Waals surface area contributed by atoms with E-state index in [1.54, 1.807) is 0 Å². The number of hydrogen-bond acceptors (Lipinski definition) is 3. The number of rotatable bonds is 2. The monoisotopic (exact) mass is 240 g/mol. The van der Waals surface area contributed by atoms with E-state index in [2.05, 4.69) is 6.92 Å². The summed E-state index contributed by atoms with van der Waals surface area (Å²) in [5.41, 5.74) is 5.97. The zero-order valence-corrected chi connectivity index (χ0v) is 10.6. The highest BCUT2D eigenvalue weighted by Gasteiger charge is 2.37. The molecule has 98 valence electrons. The Kier molecular flexibility index (Phi) is 4.05. The molecule has 4 heteroatoms. The smallest absolute Gasteiger partial charge is 0.226 e. The lowest BCUT2D eigenvalue weighted by Crippen LogP contribution is -2.46. The largest absolute Gasteiger partial charge is 0.394 e. The second-order valence-corrected chi connectivity index (χ2v) is 5.67. The minimum atomic E-state index is 0.0489. The summed E-state index contributed by atoms with van der Waals surface area (Å²) in [4.78, 5) is 14.4. The van der Waals surface area contributed by atoms with Gasteiger partial charge >= 0.3 is 0 Å². The summed E-state index contributed by atoms with van der Waals surface area (Å²) in [5.74, 6) is 0.734. The summed E-state index contributed by atoms with van der Waals surface area (Å²) in [5, 5.41) is 9.28. The van der Waals surface area contributed by atoms with Crippen molar-refractivity contribution < 1.29 is 9.90 Å². The topological polar surface area (TPSA) is 66.6 Å². The number of nitrogens with zero attached hydrogens (tertiary/aromatic N) is 1. The van der Waals surface area contributed by atoms with Gasteiger partial charge in [0.15, 0.2) is 0 Å². The van der Waals surface area contributed by atoms with Crippen molar-refractivity contribution in [2.45, 2.75) is 51.1 Å². The van der Waals surface area contributed by atoms with Crippen LogP contribution in [0, 0.1) is 11.8 Å². The Morgan fingerprint density at radius 1 is 1.41 bits per heavy atom. The summed E-state index contributed by atoms with van der Waals surface area (Å²) < 4.78 is 0. The third-order valence-electron chi connectivity index (χ3n) is 4.42. The predicted octanol–water partition coefficient (Wildman–Crippen LogP) is 0.733. The Morgan fingerprint density at radius 3 is 2.88 bits per heavy atom. The lowest BCUT2D eigenvalue weighted by atomic mass is 9.77. The summed E-state index contributed by atoms with van der Waals surface area (Å²) >= 11 is 0. The van der Waals surface area contributed by atoms with E-state index < -0.39 is 0 Å². The van der Waals surface area contributed by atoms with Crippen LogP contribution in [-0.4, -0.2) is 41.1 Å². The van der Waals surface area contributed by atoms with Gasteiger partial charge in [-0.1, -0.05) is 6.92 Å². The number of likely N-dealkylation sites (tertiary alicyclic amines) is 1. The van der Waals surface area contributed by atoms with Crippen molar-refractivity contribution in [3.63, 3.8) is 0 Å². The van der Waals surface area contributed by atoms with Crippen LogP contribution in [0.15, 0.2) is 0 Å². The van der Waals surface area contributed by atoms with E-state index in [-0.39, 0.29) is 30.5 Å². The average molecular weight is 240 g/mol. The van der Waals surface area contributed by atoms with Gasteiger partial charge in [-0.2, -0.15) is 0 Å². The van der Waals surface area contributed by atoms with Gasteiger partial charge in [0.1, 0.15) is 0 Å². The van der Waals surface area contributed by atoms with Crippen LogP contribution in [0.1, 0.15) is 39.0 Å². The van der Waals surface area contributed by atoms with Crippen molar-refractivity contribution in [1.29, 1.82) is 0 Å². The maximum absolute atomic E-state index is 12.5. The van der Waals surface area contributed by atoms with Crippen LogP contribution < -0.4 is 5.73 Å². The Bertz CT molecular complexity index is 283. The van der Waals surface area contributed by atoms with Crippen molar-refractivity contribution in [2.24, 2.45) is 17.6 Å². The minimum absolute atomic E-state index is 0.0489. The van der Waals surface area contributed by atoms with Crippen molar-refractivity contribution in [2.75, 3.05) is 13.2 Å². The summed E-state index contributed by atoms with van der Waals surface area (Å²) in [6.07, 6.45) is 4.86. The van der Waals surface area contributed by atoms with Gasteiger partial charge in [0.25, 0.3) is 0 Å². The maximum atomic E-state index is 12.5. The molecule has 0 radical (unpaired) electrons. The van der Waals surface area contributed by atoms with Gasteiger partial charge in [0.2, 0.25) is 5.91 Å². The molecular formula is C13H24N2O2. The zero-order chi connectivity index (χ0) is 12.4. The van der Waals surface area contributed by atoms with Crippen LogP contribution in [0.5, 0.6) is 0 Å². The fourth-order valence-corrected chi connectivity index (χ4v) is 3.23. The number of carbonyl (C=O) groups excluding carboxylic acids is 1. The first-order valence-corrected chi connectivity index (χ1v) is 6.80. The molecule has 4 nitrogen and oxygen atoms in total. The SMILES string of the molecule is CC1CCC(N)CC1C(=O)N1CCCC1CO. The molecule has 0 aromatic rings. The first-order valence-electron chi connectivity index (χ1n) is 6.80. The van der Waals surface area contributed by atoms with Gasteiger partial charge in [-0.05, 0) is 38.0 Å². The molecule has 1 saturated carbocycles. The van der Waals surface area contributed by atoms with Gasteiger partial charge in [-0.25, -0.2) is 0 Å². The molecule has 2 fully saturated rings. The van der Waals surface area contributed by atoms with Crippen LogP contribution >= 0.6 is 0 Å². The van der Waals surface area contributed by atoms with Gasteiger partial charge in [0, 0.05) is 18.5 Å². The van der Waals surface area contributed by atoms with Crippen molar-refractivity contribution in [1.82, 2.24) is 4.90 Å². The fourth-order valence-electron chi connectivity index (χ4n) is 3.23. The van der Waals surface area contributed by atoms with E-state index in [1.165, 1.54) is 0 Å². The van der Waals surface area contributed by atoms with Crippen LogP contribution in [0.3, 0.4) is 0 Å². The minimum Gasteiger partial charge on any atom is -0.394 e. The van der Waals surface area contributed by atoms with Crippen LogP contribution in [0.25, 0.3) is 0 Å². The first kappa shape index (κ1) is 12.8. The predicted molar refractivity (Wildman–Crippen MR) is 66.3 cm³/mol. The number of amides is 1. The second-order valence-electron chi connectivity index (χ2n) is 5.67. The van der Waals surface area contributed by atoms with E-state index in [1.807, 2.05) is 4.90 Å². The van der Waals surface area contributed by atoms with Crippen molar-refractivity contribution in [3.8, 4) is 0 Å². The molecule has 17 heavy (non-hydrogen) atoms. The molecule has 3 N–H and O–H groups in total. The Hall–Kier alpha value is -0.610. The molecule has 1 aliphatic heterocycles. The number of hydrogen-bond donors (Lipinski definition) is 2. The van der Waals surface area contributed by atoms with Crippen molar-refractivity contribution in [3.05, 3.63) is 0 Å². The van der Waals surface area contributed by atoms with E-state index in [4.69, 9.17) is 5.73 Å². The molecule has 4 unspecified atom stereocenters. The number of nitrogens with two attached hydrogens (primary N) is 1. The van der Waals surface area contributed by atoms with E-state index in [0.717, 1.165) is 38.6 Å². The molecule has 1 heterocycles. The fraction of sp³-hybridized carbons (Fsp3) is 0.923. The summed E-state index contributed by atoms with van der Waals surface area (Å²) in [7, 11) is 0. The number of aliphatic hydroxyl groups excluding tert-OH is 1. The van der Waals surface area contributed by atoms with Gasteiger partial charge < -0.3 is 15.7 Å². The molecule has 2 rings (SSSR count). The third-order valence-corrected chi connectivity index (χ3v) is 4.42. The molecular weight excluding hydrogens is 216 g/mol. The molecule has 4 atom stereocenters.